The minimum absolute atomic E-state index is 0.0795. The van der Waals surface area contributed by atoms with Crippen molar-refractivity contribution in [2.45, 2.75) is 161 Å². The molecule has 0 aliphatic carbocycles. The van der Waals surface area contributed by atoms with Gasteiger partial charge in [-0.2, -0.15) is 0 Å². The number of likely N-dealkylation sites (N-methyl/N-ethyl adjacent to an activating group) is 1. The van der Waals surface area contributed by atoms with Gasteiger partial charge in [-0.3, -0.25) is 13.8 Å². The highest BCUT2D eigenvalue weighted by molar-refractivity contribution is 7.47. The van der Waals surface area contributed by atoms with Crippen molar-refractivity contribution in [3.05, 3.63) is 72.9 Å². The first kappa shape index (κ1) is 52.9. The molecular formula is C46H83NO7P+. The van der Waals surface area contributed by atoms with Crippen LogP contribution in [0.2, 0.25) is 0 Å². The normalized spacial score (nSPS) is 14.5. The lowest BCUT2D eigenvalue weighted by Gasteiger charge is -2.24. The minimum Gasteiger partial charge on any atom is -0.457 e. The molecule has 8 nitrogen and oxygen atoms in total. The molecule has 0 radical (unpaired) electrons. The largest absolute Gasteiger partial charge is 0.472 e. The minimum atomic E-state index is -4.28. The second-order valence-corrected chi connectivity index (χ2v) is 16.8. The monoisotopic (exact) mass is 793 g/mol. The van der Waals surface area contributed by atoms with E-state index in [0.717, 1.165) is 96.3 Å². The van der Waals surface area contributed by atoms with Gasteiger partial charge in [0.2, 0.25) is 0 Å². The van der Waals surface area contributed by atoms with Crippen LogP contribution in [0.15, 0.2) is 72.9 Å². The lowest BCUT2D eigenvalue weighted by atomic mass is 10.1. The highest BCUT2D eigenvalue weighted by Crippen LogP contribution is 2.43. The van der Waals surface area contributed by atoms with Crippen LogP contribution in [-0.4, -0.2) is 75.6 Å². The van der Waals surface area contributed by atoms with Crippen LogP contribution in [0.25, 0.3) is 0 Å². The van der Waals surface area contributed by atoms with E-state index in [0.29, 0.717) is 24.1 Å². The Bertz CT molecular complexity index is 1110. The van der Waals surface area contributed by atoms with E-state index < -0.39 is 13.9 Å². The van der Waals surface area contributed by atoms with Gasteiger partial charge in [0.25, 0.3) is 0 Å². The van der Waals surface area contributed by atoms with Crippen molar-refractivity contribution >= 4 is 13.8 Å². The van der Waals surface area contributed by atoms with Gasteiger partial charge in [0, 0.05) is 13.0 Å². The Kier molecular flexibility index (Phi) is 37.3. The molecule has 0 spiro atoms. The summed E-state index contributed by atoms with van der Waals surface area (Å²) >= 11 is 0. The fraction of sp³-hybridized carbons (Fsp3) is 0.717. The van der Waals surface area contributed by atoms with Gasteiger partial charge < -0.3 is 18.9 Å². The maximum Gasteiger partial charge on any atom is 0.472 e. The number of phosphoric acid groups is 1. The molecule has 2 atom stereocenters. The van der Waals surface area contributed by atoms with E-state index in [9.17, 15) is 14.3 Å². The van der Waals surface area contributed by atoms with Crippen LogP contribution in [0, 0.1) is 0 Å². The van der Waals surface area contributed by atoms with Gasteiger partial charge in [-0.1, -0.05) is 145 Å². The summed E-state index contributed by atoms with van der Waals surface area (Å²) in [6.07, 6.45) is 49.3. The molecule has 0 aliphatic rings. The summed E-state index contributed by atoms with van der Waals surface area (Å²) < 4.78 is 35.0. The Morgan fingerprint density at radius 2 is 1.05 bits per heavy atom. The number of carbonyl (C=O) groups excluding carboxylic acids is 1. The van der Waals surface area contributed by atoms with Crippen LogP contribution < -0.4 is 0 Å². The Balaban J connectivity index is 4.29. The standard InChI is InChI=1S/C46H82NO7P/c1-6-8-10-12-14-16-18-20-22-23-24-25-26-27-29-31-33-35-37-39-46(48)54-45(44-53-55(49,50)52-42-40-47(3,4)5)43-51-41-38-36-34-32-30-28-21-19-17-15-13-11-9-7-2/h8,10-11,13-14,16-17,19-20,22,24-25,45H,6-7,9,12,15,18,21,23,26-44H2,1-5H3/p+1/b10-8-,13-11-,16-14-,19-17-,22-20-,25-24-. The van der Waals surface area contributed by atoms with Gasteiger partial charge in [0.05, 0.1) is 34.4 Å². The summed E-state index contributed by atoms with van der Waals surface area (Å²) in [4.78, 5) is 22.9. The highest BCUT2D eigenvalue weighted by atomic mass is 31.2. The molecule has 0 aromatic carbocycles. The molecule has 55 heavy (non-hydrogen) atoms. The van der Waals surface area contributed by atoms with Crippen LogP contribution in [-0.2, 0) is 27.9 Å². The quantitative estimate of drug-likeness (QED) is 0.0218. The number of quaternary nitrogens is 1. The van der Waals surface area contributed by atoms with Crippen LogP contribution in [0.4, 0.5) is 0 Å². The Labute approximate surface area is 338 Å². The van der Waals surface area contributed by atoms with Crippen LogP contribution in [0.3, 0.4) is 0 Å². The fourth-order valence-electron chi connectivity index (χ4n) is 5.40. The topological polar surface area (TPSA) is 91.3 Å². The van der Waals surface area contributed by atoms with Gasteiger partial charge in [0.15, 0.2) is 0 Å². The number of phosphoric ester groups is 1. The molecule has 0 fully saturated rings. The summed E-state index contributed by atoms with van der Waals surface area (Å²) in [5.41, 5.74) is 0. The molecule has 0 heterocycles. The Hall–Kier alpha value is -2.06. The van der Waals surface area contributed by atoms with Crippen molar-refractivity contribution in [2.75, 3.05) is 54.1 Å². The molecule has 9 heteroatoms. The van der Waals surface area contributed by atoms with Gasteiger partial charge in [-0.25, -0.2) is 4.57 Å². The summed E-state index contributed by atoms with van der Waals surface area (Å²) in [5.74, 6) is -0.335. The van der Waals surface area contributed by atoms with E-state index in [2.05, 4.69) is 86.8 Å². The van der Waals surface area contributed by atoms with Gasteiger partial charge in [0.1, 0.15) is 19.3 Å². The zero-order valence-corrected chi connectivity index (χ0v) is 36.8. The highest BCUT2D eigenvalue weighted by Gasteiger charge is 2.26. The van der Waals surface area contributed by atoms with E-state index in [-0.39, 0.29) is 25.8 Å². The Morgan fingerprint density at radius 1 is 0.582 bits per heavy atom. The van der Waals surface area contributed by atoms with E-state index in [1.807, 2.05) is 21.1 Å². The lowest BCUT2D eigenvalue weighted by molar-refractivity contribution is -0.870. The van der Waals surface area contributed by atoms with Gasteiger partial charge >= 0.3 is 13.8 Å². The molecule has 0 saturated heterocycles. The molecule has 1 N–H and O–H groups in total. The van der Waals surface area contributed by atoms with E-state index in [1.165, 1.54) is 38.5 Å². The number of rotatable bonds is 39. The molecule has 0 bridgehead atoms. The van der Waals surface area contributed by atoms with E-state index in [4.69, 9.17) is 18.5 Å². The van der Waals surface area contributed by atoms with Crippen molar-refractivity contribution < 1.29 is 37.3 Å². The summed E-state index contributed by atoms with van der Waals surface area (Å²) in [5, 5.41) is 0. The first-order valence-electron chi connectivity index (χ1n) is 21.7. The van der Waals surface area contributed by atoms with Crippen molar-refractivity contribution in [3.63, 3.8) is 0 Å². The molecule has 0 aromatic heterocycles. The second-order valence-electron chi connectivity index (χ2n) is 15.3. The smallest absolute Gasteiger partial charge is 0.457 e. The van der Waals surface area contributed by atoms with Crippen molar-refractivity contribution in [1.29, 1.82) is 0 Å². The van der Waals surface area contributed by atoms with Crippen molar-refractivity contribution in [2.24, 2.45) is 0 Å². The number of ether oxygens (including phenoxy) is 2. The predicted molar refractivity (Wildman–Crippen MR) is 233 cm³/mol. The number of hydrogen-bond donors (Lipinski definition) is 1. The zero-order valence-electron chi connectivity index (χ0n) is 35.9. The predicted octanol–water partition coefficient (Wildman–Crippen LogP) is 12.7. The molecule has 2 unspecified atom stereocenters. The molecule has 0 amide bonds. The fourth-order valence-corrected chi connectivity index (χ4v) is 6.14. The third kappa shape index (κ3) is 42.9. The third-order valence-corrected chi connectivity index (χ3v) is 9.72. The first-order chi connectivity index (χ1) is 26.6. The number of carbonyl (C=O) groups is 1. The number of hydrogen-bond acceptors (Lipinski definition) is 6. The molecule has 0 aliphatic heterocycles. The van der Waals surface area contributed by atoms with Gasteiger partial charge in [-0.15, -0.1) is 0 Å². The maximum absolute atomic E-state index is 12.7. The number of nitrogens with zero attached hydrogens (tertiary/aromatic N) is 1. The average molecular weight is 793 g/mol. The molecule has 0 saturated carbocycles. The zero-order chi connectivity index (χ0) is 40.6. The molecule has 318 valence electrons. The third-order valence-electron chi connectivity index (χ3n) is 8.73. The Morgan fingerprint density at radius 3 is 1.58 bits per heavy atom. The van der Waals surface area contributed by atoms with Crippen molar-refractivity contribution in [1.82, 2.24) is 0 Å². The molecule has 0 rings (SSSR count). The van der Waals surface area contributed by atoms with Crippen LogP contribution in [0.5, 0.6) is 0 Å². The summed E-state index contributed by atoms with van der Waals surface area (Å²) in [6, 6.07) is 0. The van der Waals surface area contributed by atoms with Gasteiger partial charge in [-0.05, 0) is 77.0 Å². The molecular weight excluding hydrogens is 709 g/mol. The molecule has 0 aromatic rings. The van der Waals surface area contributed by atoms with E-state index in [1.54, 1.807) is 0 Å². The summed E-state index contributed by atoms with van der Waals surface area (Å²) in [7, 11) is 1.64. The SMILES string of the molecule is CC/C=C\C/C=C\C/C=C\C/C=C\CCCCCCCCC(=O)OC(COCCCCCCCC/C=C\C/C=C\CCC)COP(=O)(O)OCC[N+](C)(C)C. The lowest BCUT2D eigenvalue weighted by Crippen LogP contribution is -2.37. The van der Waals surface area contributed by atoms with Crippen LogP contribution >= 0.6 is 7.82 Å². The van der Waals surface area contributed by atoms with Crippen LogP contribution in [0.1, 0.15) is 155 Å². The average Bonchev–Trinajstić information content (AvgIpc) is 3.13. The summed E-state index contributed by atoms with van der Waals surface area (Å²) in [6.45, 7) is 5.38. The number of allylic oxidation sites excluding steroid dienone is 12. The van der Waals surface area contributed by atoms with Crippen molar-refractivity contribution in [3.8, 4) is 0 Å². The number of unbranched alkanes of at least 4 members (excludes halogenated alkanes) is 13. The second kappa shape index (κ2) is 38.8. The maximum atomic E-state index is 12.7. The van der Waals surface area contributed by atoms with E-state index >= 15 is 0 Å². The first-order valence-corrected chi connectivity index (χ1v) is 23.2. The number of esters is 1.